The van der Waals surface area contributed by atoms with Crippen molar-refractivity contribution in [3.63, 3.8) is 0 Å². The predicted molar refractivity (Wildman–Crippen MR) is 150 cm³/mol. The third kappa shape index (κ3) is 6.18. The van der Waals surface area contributed by atoms with Crippen molar-refractivity contribution >= 4 is 46.5 Å². The third-order valence-electron chi connectivity index (χ3n) is 5.66. The molecule has 196 valence electrons. The number of anilines is 3. The molecule has 0 spiro atoms. The quantitative estimate of drug-likeness (QED) is 0.325. The van der Waals surface area contributed by atoms with Crippen molar-refractivity contribution in [2.75, 3.05) is 29.8 Å². The van der Waals surface area contributed by atoms with Gasteiger partial charge in [-0.3, -0.25) is 14.4 Å². The highest BCUT2D eigenvalue weighted by Crippen LogP contribution is 2.39. The first kappa shape index (κ1) is 26.8. The van der Waals surface area contributed by atoms with Crippen LogP contribution in [0.2, 0.25) is 0 Å². The molecule has 0 aliphatic carbocycles. The van der Waals surface area contributed by atoms with E-state index in [0.29, 0.717) is 39.9 Å². The molecule has 0 saturated heterocycles. The van der Waals surface area contributed by atoms with E-state index in [-0.39, 0.29) is 22.4 Å². The molecule has 1 aliphatic heterocycles. The average Bonchev–Trinajstić information content (AvgIpc) is 3.12. The molecule has 3 amide bonds. The summed E-state index contributed by atoms with van der Waals surface area (Å²) in [5, 5.41) is 6.03. The van der Waals surface area contributed by atoms with Crippen LogP contribution in [0.1, 0.15) is 20.3 Å². The zero-order valence-electron chi connectivity index (χ0n) is 21.6. The summed E-state index contributed by atoms with van der Waals surface area (Å²) in [6.07, 6.45) is 0.405. The number of nitrogens with zero attached hydrogens (tertiary/aromatic N) is 1. The molecule has 0 aromatic heterocycles. The van der Waals surface area contributed by atoms with Gasteiger partial charge in [-0.05, 0) is 72.6 Å². The van der Waals surface area contributed by atoms with Gasteiger partial charge in [0, 0.05) is 22.7 Å². The number of methoxy groups -OCH3 is 2. The second-order valence-electron chi connectivity index (χ2n) is 8.98. The van der Waals surface area contributed by atoms with E-state index in [0.717, 1.165) is 16.7 Å². The van der Waals surface area contributed by atoms with Gasteiger partial charge < -0.3 is 20.1 Å². The summed E-state index contributed by atoms with van der Waals surface area (Å²) < 4.78 is 10.4. The van der Waals surface area contributed by atoms with Gasteiger partial charge in [-0.25, -0.2) is 4.90 Å². The molecular weight excluding hydrogens is 502 g/mol. The monoisotopic (exact) mass is 531 g/mol. The van der Waals surface area contributed by atoms with Gasteiger partial charge in [0.1, 0.15) is 22.1 Å². The van der Waals surface area contributed by atoms with Crippen LogP contribution in [-0.4, -0.2) is 31.9 Å². The van der Waals surface area contributed by atoms with Crippen molar-refractivity contribution in [2.45, 2.75) is 25.2 Å². The minimum atomic E-state index is -0.472. The number of amides is 3. The van der Waals surface area contributed by atoms with Crippen LogP contribution in [0.3, 0.4) is 0 Å². The Labute approximate surface area is 226 Å². The van der Waals surface area contributed by atoms with E-state index in [2.05, 4.69) is 10.6 Å². The number of ether oxygens (including phenoxy) is 2. The molecule has 0 saturated carbocycles. The fourth-order valence-corrected chi connectivity index (χ4v) is 4.82. The smallest absolute Gasteiger partial charge is 0.283 e. The number of imide groups is 1. The molecule has 0 atom stereocenters. The lowest BCUT2D eigenvalue weighted by Crippen LogP contribution is -2.32. The molecular formula is C29H29N3O5S. The van der Waals surface area contributed by atoms with Crippen LogP contribution in [-0.2, 0) is 14.4 Å². The summed E-state index contributed by atoms with van der Waals surface area (Å²) in [6.45, 7) is 3.96. The lowest BCUT2D eigenvalue weighted by atomic mass is 10.1. The van der Waals surface area contributed by atoms with Crippen LogP contribution in [0.25, 0.3) is 0 Å². The van der Waals surface area contributed by atoms with E-state index < -0.39 is 11.8 Å². The minimum Gasteiger partial charge on any atom is -0.497 e. The Balaban J connectivity index is 1.66. The fraction of sp³-hybridized carbons (Fsp3) is 0.207. The van der Waals surface area contributed by atoms with Gasteiger partial charge in [0.15, 0.2) is 0 Å². The molecule has 38 heavy (non-hydrogen) atoms. The Kier molecular flexibility index (Phi) is 8.38. The van der Waals surface area contributed by atoms with Crippen molar-refractivity contribution in [3.05, 3.63) is 83.4 Å². The lowest BCUT2D eigenvalue weighted by molar-refractivity contribution is -0.120. The molecule has 1 heterocycles. The molecule has 3 aromatic carbocycles. The average molecular weight is 532 g/mol. The summed E-state index contributed by atoms with van der Waals surface area (Å²) >= 11 is 1.16. The molecule has 0 fully saturated rings. The second-order valence-corrected chi connectivity index (χ2v) is 10.1. The summed E-state index contributed by atoms with van der Waals surface area (Å²) in [4.78, 5) is 41.5. The molecule has 9 heteroatoms. The van der Waals surface area contributed by atoms with Crippen LogP contribution in [0.4, 0.5) is 17.1 Å². The third-order valence-corrected chi connectivity index (χ3v) is 6.74. The highest BCUT2D eigenvalue weighted by molar-refractivity contribution is 8.04. The SMILES string of the molecule is COc1ccc(NC2=C(Sc3cccc(NC(=O)CC(C)C)c3)C(=O)N(c3ccc(OC)cc3)C2=O)cc1. The minimum absolute atomic E-state index is 0.0824. The summed E-state index contributed by atoms with van der Waals surface area (Å²) in [6, 6.07) is 21.0. The van der Waals surface area contributed by atoms with Crippen LogP contribution in [0.15, 0.2) is 88.3 Å². The van der Waals surface area contributed by atoms with Crippen LogP contribution >= 0.6 is 11.8 Å². The number of hydrogen-bond donors (Lipinski definition) is 2. The van der Waals surface area contributed by atoms with Gasteiger partial charge in [-0.1, -0.05) is 31.7 Å². The van der Waals surface area contributed by atoms with E-state index in [1.54, 1.807) is 80.9 Å². The first-order valence-corrected chi connectivity index (χ1v) is 12.9. The lowest BCUT2D eigenvalue weighted by Gasteiger charge is -2.15. The van der Waals surface area contributed by atoms with Crippen molar-refractivity contribution in [3.8, 4) is 11.5 Å². The highest BCUT2D eigenvalue weighted by Gasteiger charge is 2.40. The predicted octanol–water partition coefficient (Wildman–Crippen LogP) is 5.68. The van der Waals surface area contributed by atoms with Crippen molar-refractivity contribution in [2.24, 2.45) is 5.92 Å². The van der Waals surface area contributed by atoms with E-state index in [1.165, 1.54) is 0 Å². The first-order valence-electron chi connectivity index (χ1n) is 12.0. The Morgan fingerprint density at radius 1 is 0.868 bits per heavy atom. The van der Waals surface area contributed by atoms with Gasteiger partial charge in [-0.2, -0.15) is 0 Å². The van der Waals surface area contributed by atoms with E-state index in [4.69, 9.17) is 9.47 Å². The molecule has 0 radical (unpaired) electrons. The Morgan fingerprint density at radius 3 is 2.11 bits per heavy atom. The Bertz CT molecular complexity index is 1370. The molecule has 2 N–H and O–H groups in total. The van der Waals surface area contributed by atoms with Crippen LogP contribution in [0, 0.1) is 5.92 Å². The fourth-order valence-electron chi connectivity index (χ4n) is 3.84. The second kappa shape index (κ2) is 11.9. The number of hydrogen-bond acceptors (Lipinski definition) is 7. The van der Waals surface area contributed by atoms with E-state index in [9.17, 15) is 14.4 Å². The zero-order chi connectivity index (χ0) is 27.2. The Morgan fingerprint density at radius 2 is 1.50 bits per heavy atom. The summed E-state index contributed by atoms with van der Waals surface area (Å²) in [5.74, 6) is 0.513. The molecule has 4 rings (SSSR count). The zero-order valence-corrected chi connectivity index (χ0v) is 22.4. The Hall–Kier alpha value is -4.24. The van der Waals surface area contributed by atoms with Crippen LogP contribution in [0.5, 0.6) is 11.5 Å². The molecule has 0 bridgehead atoms. The molecule has 1 aliphatic rings. The molecule has 3 aromatic rings. The highest BCUT2D eigenvalue weighted by atomic mass is 32.2. The van der Waals surface area contributed by atoms with E-state index >= 15 is 0 Å². The van der Waals surface area contributed by atoms with Crippen LogP contribution < -0.4 is 25.0 Å². The van der Waals surface area contributed by atoms with Gasteiger partial charge in [0.05, 0.1) is 19.9 Å². The van der Waals surface area contributed by atoms with Crippen molar-refractivity contribution < 1.29 is 23.9 Å². The standard InChI is InChI=1S/C29H29N3O5S/c1-18(2)16-25(33)30-20-6-5-7-24(17-20)38-27-26(31-19-8-12-22(36-3)13-9-19)28(34)32(29(27)35)21-10-14-23(37-4)15-11-21/h5-15,17-18,31H,16H2,1-4H3,(H,30,33). The number of carbonyl (C=O) groups excluding carboxylic acids is 3. The van der Waals surface area contributed by atoms with Gasteiger partial charge in [0.25, 0.3) is 11.8 Å². The number of carbonyl (C=O) groups is 3. The van der Waals surface area contributed by atoms with Crippen molar-refractivity contribution in [1.82, 2.24) is 0 Å². The topological polar surface area (TPSA) is 97.0 Å². The number of rotatable bonds is 10. The summed E-state index contributed by atoms with van der Waals surface area (Å²) in [5.41, 5.74) is 1.84. The van der Waals surface area contributed by atoms with Gasteiger partial charge >= 0.3 is 0 Å². The number of benzene rings is 3. The number of nitrogens with one attached hydrogen (secondary N) is 2. The maximum absolute atomic E-state index is 13.6. The molecule has 8 nitrogen and oxygen atoms in total. The van der Waals surface area contributed by atoms with Gasteiger partial charge in [0.2, 0.25) is 5.91 Å². The normalized spacial score (nSPS) is 13.2. The van der Waals surface area contributed by atoms with Gasteiger partial charge in [-0.15, -0.1) is 0 Å². The largest absolute Gasteiger partial charge is 0.497 e. The maximum Gasteiger partial charge on any atom is 0.283 e. The molecule has 0 unspecified atom stereocenters. The summed E-state index contributed by atoms with van der Waals surface area (Å²) in [7, 11) is 3.12. The first-order chi connectivity index (χ1) is 18.3. The maximum atomic E-state index is 13.6. The van der Waals surface area contributed by atoms with E-state index in [1.807, 2.05) is 19.9 Å². The number of thioether (sulfide) groups is 1. The van der Waals surface area contributed by atoms with Crippen molar-refractivity contribution in [1.29, 1.82) is 0 Å².